The minimum Gasteiger partial charge on any atom is -0.407 e. The van der Waals surface area contributed by atoms with Gasteiger partial charge >= 0.3 is 6.03 Å². The lowest BCUT2D eigenvalue weighted by molar-refractivity contribution is -0.127. The Bertz CT molecular complexity index is 756. The van der Waals surface area contributed by atoms with Crippen molar-refractivity contribution >= 4 is 23.6 Å². The number of hydrogen-bond acceptors (Lipinski definition) is 7. The van der Waals surface area contributed by atoms with E-state index < -0.39 is 18.1 Å². The molecular formula is C22H35N5O6. The molecule has 0 aliphatic heterocycles. The maximum absolute atomic E-state index is 12.3. The van der Waals surface area contributed by atoms with E-state index in [-0.39, 0.29) is 24.7 Å². The number of hydroxylamine groups is 1. The van der Waals surface area contributed by atoms with Gasteiger partial charge < -0.3 is 36.1 Å². The van der Waals surface area contributed by atoms with E-state index in [0.717, 1.165) is 5.56 Å². The normalized spacial score (nSPS) is 11.3. The smallest absolute Gasteiger partial charge is 0.312 e. The number of methoxy groups -OCH3 is 1. The topological polar surface area (TPSA) is 161 Å². The summed E-state index contributed by atoms with van der Waals surface area (Å²) in [6.07, 6.45) is 2.32. The van der Waals surface area contributed by atoms with E-state index in [1.165, 1.54) is 6.92 Å². The molecule has 0 aliphatic rings. The molecule has 4 amide bonds. The molecule has 11 nitrogen and oxygen atoms in total. The highest BCUT2D eigenvalue weighted by molar-refractivity contribution is 5.84. The number of rotatable bonds is 17. The number of primary amides is 1. The van der Waals surface area contributed by atoms with Crippen molar-refractivity contribution in [2.75, 3.05) is 20.2 Å². The van der Waals surface area contributed by atoms with Crippen molar-refractivity contribution in [2.24, 2.45) is 5.73 Å². The molecule has 0 radical (unpaired) electrons. The molecule has 1 atom stereocenters. The van der Waals surface area contributed by atoms with Crippen LogP contribution in [0.15, 0.2) is 24.3 Å². The first kappa shape index (κ1) is 27.9. The lowest BCUT2D eigenvalue weighted by Gasteiger charge is -2.20. The van der Waals surface area contributed by atoms with Crippen LogP contribution in [0.5, 0.6) is 5.75 Å². The lowest BCUT2D eigenvalue weighted by atomic mass is 10.1. The number of ether oxygens (including phenoxy) is 1. The molecule has 184 valence electrons. The molecular weight excluding hydrogens is 430 g/mol. The van der Waals surface area contributed by atoms with Gasteiger partial charge in [0.05, 0.1) is 13.2 Å². The fraction of sp³-hybridized carbons (Fsp3) is 0.545. The number of urea groups is 1. The highest BCUT2D eigenvalue weighted by Crippen LogP contribution is 2.12. The van der Waals surface area contributed by atoms with Gasteiger partial charge in [-0.15, -0.1) is 5.48 Å². The van der Waals surface area contributed by atoms with Crippen LogP contribution in [0.25, 0.3) is 0 Å². The summed E-state index contributed by atoms with van der Waals surface area (Å²) in [4.78, 5) is 51.4. The van der Waals surface area contributed by atoms with Crippen LogP contribution in [0.4, 0.5) is 4.79 Å². The van der Waals surface area contributed by atoms with Crippen LogP contribution in [0.3, 0.4) is 0 Å². The zero-order valence-electron chi connectivity index (χ0n) is 19.3. The summed E-state index contributed by atoms with van der Waals surface area (Å²) in [5.74, 6) is -0.0153. The summed E-state index contributed by atoms with van der Waals surface area (Å²) in [7, 11) is 1.61. The van der Waals surface area contributed by atoms with Gasteiger partial charge in [-0.2, -0.15) is 0 Å². The van der Waals surface area contributed by atoms with Crippen LogP contribution >= 0.6 is 0 Å². The van der Waals surface area contributed by atoms with E-state index in [1.807, 2.05) is 12.1 Å². The summed E-state index contributed by atoms with van der Waals surface area (Å²) < 4.78 is 5.07. The molecule has 1 aromatic rings. The van der Waals surface area contributed by atoms with Gasteiger partial charge in [-0.1, -0.05) is 12.1 Å². The Hall–Kier alpha value is -3.18. The van der Waals surface area contributed by atoms with E-state index in [1.54, 1.807) is 19.2 Å². The second-order valence-electron chi connectivity index (χ2n) is 7.54. The zero-order chi connectivity index (χ0) is 24.5. The Morgan fingerprint density at radius 1 is 0.970 bits per heavy atom. The van der Waals surface area contributed by atoms with Crippen LogP contribution < -0.4 is 32.0 Å². The molecule has 0 spiro atoms. The first-order valence-electron chi connectivity index (χ1n) is 10.9. The number of unbranched alkanes of at least 4 members (excludes halogenated alkanes) is 1. The highest BCUT2D eigenvalue weighted by Gasteiger charge is 2.14. The number of amides is 4. The molecule has 0 heterocycles. The summed E-state index contributed by atoms with van der Waals surface area (Å²) in [5.41, 5.74) is 8.84. The fourth-order valence-corrected chi connectivity index (χ4v) is 2.81. The molecule has 1 unspecified atom stereocenters. The molecule has 0 bridgehead atoms. The average Bonchev–Trinajstić information content (AvgIpc) is 2.77. The van der Waals surface area contributed by atoms with Gasteiger partial charge in [0.15, 0.2) is 0 Å². The number of carbonyl (C=O) groups is 4. The van der Waals surface area contributed by atoms with Crippen molar-refractivity contribution < 1.29 is 28.8 Å². The molecule has 0 saturated heterocycles. The third-order valence-corrected chi connectivity index (χ3v) is 4.49. The van der Waals surface area contributed by atoms with Crippen LogP contribution in [0.1, 0.15) is 51.0 Å². The van der Waals surface area contributed by atoms with Gasteiger partial charge in [0.25, 0.3) is 0 Å². The summed E-state index contributed by atoms with van der Waals surface area (Å²) in [6.45, 7) is 2.15. The molecule has 0 fully saturated rings. The molecule has 33 heavy (non-hydrogen) atoms. The monoisotopic (exact) mass is 465 g/mol. The predicted molar refractivity (Wildman–Crippen MR) is 122 cm³/mol. The van der Waals surface area contributed by atoms with E-state index in [0.29, 0.717) is 51.0 Å². The minimum atomic E-state index is -0.623. The summed E-state index contributed by atoms with van der Waals surface area (Å²) >= 11 is 0. The van der Waals surface area contributed by atoms with Crippen molar-refractivity contribution in [2.45, 2.75) is 58.2 Å². The second-order valence-corrected chi connectivity index (χ2v) is 7.54. The largest absolute Gasteiger partial charge is 0.407 e. The van der Waals surface area contributed by atoms with E-state index in [4.69, 9.17) is 15.3 Å². The highest BCUT2D eigenvalue weighted by atomic mass is 16.6. The molecule has 6 N–H and O–H groups in total. The first-order chi connectivity index (χ1) is 15.8. The van der Waals surface area contributed by atoms with Crippen molar-refractivity contribution in [3.63, 3.8) is 0 Å². The Morgan fingerprint density at radius 2 is 1.67 bits per heavy atom. The SMILES string of the molecule is COCc1ccc(ONC(CCCNC(N)=O)NC(=O)CNC(=O)CCCCC(C)=O)cc1. The number of benzene rings is 1. The Balaban J connectivity index is 2.47. The van der Waals surface area contributed by atoms with Crippen LogP contribution in [-0.4, -0.2) is 50.0 Å². The number of Topliss-reactive ketones (excluding diaryl/α,β-unsaturated/α-hetero) is 1. The fourth-order valence-electron chi connectivity index (χ4n) is 2.81. The predicted octanol–water partition coefficient (Wildman–Crippen LogP) is 0.873. The molecule has 0 saturated carbocycles. The molecule has 1 rings (SSSR count). The Labute approximate surface area is 194 Å². The van der Waals surface area contributed by atoms with Gasteiger partial charge in [-0.05, 0) is 50.3 Å². The van der Waals surface area contributed by atoms with Gasteiger partial charge in [-0.25, -0.2) is 4.79 Å². The van der Waals surface area contributed by atoms with E-state index >= 15 is 0 Å². The number of ketones is 1. The van der Waals surface area contributed by atoms with E-state index in [9.17, 15) is 19.2 Å². The summed E-state index contributed by atoms with van der Waals surface area (Å²) in [5, 5.41) is 7.79. The number of hydrogen-bond donors (Lipinski definition) is 5. The maximum Gasteiger partial charge on any atom is 0.312 e. The molecule has 1 aromatic carbocycles. The van der Waals surface area contributed by atoms with Gasteiger partial charge in [0, 0.05) is 26.5 Å². The minimum absolute atomic E-state index is 0.0903. The Morgan fingerprint density at radius 3 is 2.30 bits per heavy atom. The van der Waals surface area contributed by atoms with Crippen LogP contribution in [0, 0.1) is 0 Å². The quantitative estimate of drug-likeness (QED) is 0.130. The Kier molecular flexibility index (Phi) is 13.9. The first-order valence-corrected chi connectivity index (χ1v) is 10.9. The van der Waals surface area contributed by atoms with Crippen molar-refractivity contribution in [1.29, 1.82) is 0 Å². The maximum atomic E-state index is 12.3. The standard InChI is InChI=1S/C22H35N5O6/c1-16(28)6-3-4-8-20(29)25-14-21(30)26-19(7-5-13-24-22(23)31)27-33-18-11-9-17(10-12-18)15-32-2/h9-12,19,27H,3-8,13-15H2,1-2H3,(H,25,29)(H,26,30)(H3,23,24,31). The van der Waals surface area contributed by atoms with Crippen molar-refractivity contribution in [3.05, 3.63) is 29.8 Å². The van der Waals surface area contributed by atoms with Crippen molar-refractivity contribution in [3.8, 4) is 5.75 Å². The number of nitrogens with two attached hydrogens (primary N) is 1. The lowest BCUT2D eigenvalue weighted by Crippen LogP contribution is -2.50. The molecule has 11 heteroatoms. The van der Waals surface area contributed by atoms with Gasteiger partial charge in [-0.3, -0.25) is 9.59 Å². The number of carbonyl (C=O) groups excluding carboxylic acids is 4. The average molecular weight is 466 g/mol. The van der Waals surface area contributed by atoms with Gasteiger partial charge in [0.1, 0.15) is 17.7 Å². The molecule has 0 aliphatic carbocycles. The third kappa shape index (κ3) is 14.5. The van der Waals surface area contributed by atoms with E-state index in [2.05, 4.69) is 21.4 Å². The second kappa shape index (κ2) is 16.5. The third-order valence-electron chi connectivity index (χ3n) is 4.49. The zero-order valence-corrected chi connectivity index (χ0v) is 19.3. The van der Waals surface area contributed by atoms with Gasteiger partial charge in [0.2, 0.25) is 11.8 Å². The van der Waals surface area contributed by atoms with Crippen molar-refractivity contribution in [1.82, 2.24) is 21.4 Å². The number of nitrogens with one attached hydrogen (secondary N) is 4. The van der Waals surface area contributed by atoms with Crippen LogP contribution in [-0.2, 0) is 25.7 Å². The van der Waals surface area contributed by atoms with Crippen LogP contribution in [0.2, 0.25) is 0 Å². The molecule has 0 aromatic heterocycles. The summed E-state index contributed by atoms with van der Waals surface area (Å²) in [6, 6.07) is 6.62.